The minimum atomic E-state index is -0.420. The Balaban J connectivity index is 2.01. The number of hydrogen-bond acceptors (Lipinski definition) is 6. The molecule has 0 bridgehead atoms. The number of aryl methyl sites for hydroxylation is 1. The molecule has 0 aliphatic carbocycles. The van der Waals surface area contributed by atoms with Gasteiger partial charge in [-0.1, -0.05) is 17.4 Å². The largest absolute Gasteiger partial charge is 0.315 e. The predicted octanol–water partition coefficient (Wildman–Crippen LogP) is 4.18. The summed E-state index contributed by atoms with van der Waals surface area (Å²) in [6.07, 6.45) is 5.18. The van der Waals surface area contributed by atoms with Crippen molar-refractivity contribution in [3.05, 3.63) is 61.6 Å². The summed E-state index contributed by atoms with van der Waals surface area (Å²) < 4.78 is 2.69. The van der Waals surface area contributed by atoms with Crippen LogP contribution in [0.15, 0.2) is 46.8 Å². The molecule has 2 heterocycles. The van der Waals surface area contributed by atoms with Crippen molar-refractivity contribution < 1.29 is 9.72 Å². The summed E-state index contributed by atoms with van der Waals surface area (Å²) in [5, 5.41) is 12.9. The van der Waals surface area contributed by atoms with Crippen LogP contribution in [0.3, 0.4) is 0 Å². The first-order valence-electron chi connectivity index (χ1n) is 7.65. The lowest BCUT2D eigenvalue weighted by Crippen LogP contribution is -2.17. The van der Waals surface area contributed by atoms with Gasteiger partial charge in [0.25, 0.3) is 11.6 Å². The molecule has 0 radical (unpaired) electrons. The zero-order chi connectivity index (χ0) is 18.5. The molecule has 3 aromatic rings. The van der Waals surface area contributed by atoms with Crippen LogP contribution in [-0.4, -0.2) is 27.4 Å². The minimum Gasteiger partial charge on any atom is -0.315 e. The molecule has 3 rings (SSSR count). The second-order valence-corrected chi connectivity index (χ2v) is 8.21. The van der Waals surface area contributed by atoms with Gasteiger partial charge >= 0.3 is 0 Å². The van der Waals surface area contributed by atoms with Crippen LogP contribution in [0.25, 0.3) is 16.3 Å². The first-order chi connectivity index (χ1) is 12.6. The van der Waals surface area contributed by atoms with Crippen molar-refractivity contribution in [2.45, 2.75) is 6.54 Å². The van der Waals surface area contributed by atoms with Crippen LogP contribution in [0.1, 0.15) is 4.88 Å². The Morgan fingerprint density at radius 2 is 2.27 bits per heavy atom. The number of thiazole rings is 1. The Kier molecular flexibility index (Phi) is 6.02. The third-order valence-corrected chi connectivity index (χ3v) is 6.00. The topological polar surface area (TPSA) is 77.5 Å². The molecule has 134 valence electrons. The van der Waals surface area contributed by atoms with E-state index in [0.717, 1.165) is 20.8 Å². The van der Waals surface area contributed by atoms with Crippen molar-refractivity contribution in [2.75, 3.05) is 12.0 Å². The molecule has 0 atom stereocenters. The highest BCUT2D eigenvalue weighted by molar-refractivity contribution is 7.98. The minimum absolute atomic E-state index is 0.0336. The molecule has 0 saturated carbocycles. The number of nitro groups is 1. The fraction of sp³-hybridized carbons (Fsp3) is 0.176. The summed E-state index contributed by atoms with van der Waals surface area (Å²) in [4.78, 5) is 28.5. The van der Waals surface area contributed by atoms with Crippen LogP contribution in [0, 0.1) is 10.1 Å². The number of fused-ring (bicyclic) bond motifs is 1. The monoisotopic (exact) mass is 405 g/mol. The molecule has 26 heavy (non-hydrogen) atoms. The maximum Gasteiger partial charge on any atom is 0.272 e. The molecule has 0 fully saturated rings. The van der Waals surface area contributed by atoms with Gasteiger partial charge in [0.2, 0.25) is 0 Å². The average Bonchev–Trinajstić information content (AvgIpc) is 3.25. The maximum absolute atomic E-state index is 12.2. The number of carbonyl (C=O) groups is 1. The SMILES string of the molecule is CSCCn1c(=NC(=O)/C=C/c2cccs2)sc2cc([N+](=O)[O-])ccc21. The predicted molar refractivity (Wildman–Crippen MR) is 109 cm³/mol. The highest BCUT2D eigenvalue weighted by atomic mass is 32.2. The molecular weight excluding hydrogens is 390 g/mol. The van der Waals surface area contributed by atoms with E-state index in [9.17, 15) is 14.9 Å². The van der Waals surface area contributed by atoms with Crippen LogP contribution in [0.4, 0.5) is 5.69 Å². The second-order valence-electron chi connectivity index (χ2n) is 5.24. The smallest absolute Gasteiger partial charge is 0.272 e. The number of benzene rings is 1. The van der Waals surface area contributed by atoms with Crippen LogP contribution in [-0.2, 0) is 11.3 Å². The van der Waals surface area contributed by atoms with Gasteiger partial charge in [0, 0.05) is 35.4 Å². The van der Waals surface area contributed by atoms with Crippen molar-refractivity contribution in [1.29, 1.82) is 0 Å². The van der Waals surface area contributed by atoms with Crippen molar-refractivity contribution >= 4 is 62.3 Å². The molecule has 9 heteroatoms. The number of rotatable bonds is 6. The zero-order valence-corrected chi connectivity index (χ0v) is 16.3. The van der Waals surface area contributed by atoms with Gasteiger partial charge in [0.15, 0.2) is 4.80 Å². The maximum atomic E-state index is 12.2. The van der Waals surface area contributed by atoms with Gasteiger partial charge in [0.1, 0.15) is 0 Å². The number of thiophene rings is 1. The first-order valence-corrected chi connectivity index (χ1v) is 10.7. The number of hydrogen-bond donors (Lipinski definition) is 0. The highest BCUT2D eigenvalue weighted by Crippen LogP contribution is 2.23. The van der Waals surface area contributed by atoms with Gasteiger partial charge in [-0.25, -0.2) is 0 Å². The van der Waals surface area contributed by atoms with E-state index in [1.165, 1.54) is 29.5 Å². The molecule has 0 spiro atoms. The Labute approximate surface area is 161 Å². The Bertz CT molecular complexity index is 1030. The molecule has 1 amide bonds. The van der Waals surface area contributed by atoms with E-state index in [0.29, 0.717) is 11.3 Å². The summed E-state index contributed by atoms with van der Waals surface area (Å²) in [7, 11) is 0. The van der Waals surface area contributed by atoms with E-state index in [1.54, 1.807) is 35.2 Å². The fourth-order valence-corrected chi connectivity index (χ4v) is 4.41. The van der Waals surface area contributed by atoms with Crippen LogP contribution >= 0.6 is 34.4 Å². The summed E-state index contributed by atoms with van der Waals surface area (Å²) in [6, 6.07) is 8.57. The van der Waals surface area contributed by atoms with Crippen LogP contribution in [0.2, 0.25) is 0 Å². The van der Waals surface area contributed by atoms with Gasteiger partial charge in [-0.15, -0.1) is 11.3 Å². The van der Waals surface area contributed by atoms with E-state index in [4.69, 9.17) is 0 Å². The summed E-state index contributed by atoms with van der Waals surface area (Å²) in [6.45, 7) is 0.680. The van der Waals surface area contributed by atoms with Gasteiger partial charge in [-0.2, -0.15) is 16.8 Å². The quantitative estimate of drug-likeness (QED) is 0.350. The average molecular weight is 406 g/mol. The van der Waals surface area contributed by atoms with Crippen LogP contribution < -0.4 is 4.80 Å². The molecule has 6 nitrogen and oxygen atoms in total. The lowest BCUT2D eigenvalue weighted by Gasteiger charge is -2.03. The fourth-order valence-electron chi connectivity index (χ4n) is 2.33. The Hall–Kier alpha value is -2.23. The number of carbonyl (C=O) groups excluding carboxylic acids is 1. The van der Waals surface area contributed by atoms with Crippen molar-refractivity contribution in [1.82, 2.24) is 4.57 Å². The van der Waals surface area contributed by atoms with E-state index in [2.05, 4.69) is 4.99 Å². The molecular formula is C17H15N3O3S3. The number of non-ortho nitro benzene ring substituents is 1. The summed E-state index contributed by atoms with van der Waals surface area (Å²) >= 11 is 4.52. The molecule has 0 saturated heterocycles. The Morgan fingerprint density at radius 3 is 2.96 bits per heavy atom. The van der Waals surface area contributed by atoms with Gasteiger partial charge < -0.3 is 4.57 Å². The molecule has 0 N–H and O–H groups in total. The van der Waals surface area contributed by atoms with Crippen LogP contribution in [0.5, 0.6) is 0 Å². The summed E-state index contributed by atoms with van der Waals surface area (Å²) in [5.41, 5.74) is 0.884. The van der Waals surface area contributed by atoms with E-state index in [-0.39, 0.29) is 11.6 Å². The normalized spacial score (nSPS) is 12.3. The molecule has 0 aliphatic heterocycles. The van der Waals surface area contributed by atoms with E-state index < -0.39 is 4.92 Å². The third kappa shape index (κ3) is 4.29. The number of nitrogens with zero attached hydrogens (tertiary/aromatic N) is 3. The Morgan fingerprint density at radius 1 is 1.42 bits per heavy atom. The number of thioether (sulfide) groups is 1. The first kappa shape index (κ1) is 18.6. The van der Waals surface area contributed by atoms with Crippen molar-refractivity contribution in [2.24, 2.45) is 4.99 Å². The van der Waals surface area contributed by atoms with Crippen molar-refractivity contribution in [3.8, 4) is 0 Å². The second kappa shape index (κ2) is 8.43. The van der Waals surface area contributed by atoms with E-state index >= 15 is 0 Å². The summed E-state index contributed by atoms with van der Waals surface area (Å²) in [5.74, 6) is 0.507. The molecule has 0 aliphatic rings. The van der Waals surface area contributed by atoms with E-state index in [1.807, 2.05) is 28.3 Å². The molecule has 0 unspecified atom stereocenters. The molecule has 2 aromatic heterocycles. The molecule has 1 aromatic carbocycles. The highest BCUT2D eigenvalue weighted by Gasteiger charge is 2.12. The lowest BCUT2D eigenvalue weighted by atomic mass is 10.3. The third-order valence-electron chi connectivity index (χ3n) is 3.54. The van der Waals surface area contributed by atoms with Gasteiger partial charge in [-0.3, -0.25) is 14.9 Å². The lowest BCUT2D eigenvalue weighted by molar-refractivity contribution is -0.384. The number of aromatic nitrogens is 1. The van der Waals surface area contributed by atoms with Crippen molar-refractivity contribution in [3.63, 3.8) is 0 Å². The zero-order valence-electron chi connectivity index (χ0n) is 13.8. The van der Waals surface area contributed by atoms with Gasteiger partial charge in [0.05, 0.1) is 15.1 Å². The number of amides is 1. The number of nitro benzene ring substituents is 1. The van der Waals surface area contributed by atoms with Gasteiger partial charge in [-0.05, 0) is 29.8 Å². The standard InChI is InChI=1S/C17H15N3O3S3/c1-24-10-8-19-14-6-4-12(20(22)23)11-15(14)26-17(19)18-16(21)7-5-13-3-2-9-25-13/h2-7,9,11H,8,10H2,1H3/b7-5+,18-17?.